The Morgan fingerprint density at radius 2 is 1.67 bits per heavy atom. The Bertz CT molecular complexity index is 263. The number of anilines is 3. The molecule has 0 saturated heterocycles. The maximum Gasteiger partial charge on any atom is 0.0781 e. The highest BCUT2D eigenvalue weighted by Gasteiger charge is 2.01. The van der Waals surface area contributed by atoms with Gasteiger partial charge in [-0.2, -0.15) is 0 Å². The zero-order valence-corrected chi connectivity index (χ0v) is 7.00. The van der Waals surface area contributed by atoms with Crippen LogP contribution in [0.2, 0.25) is 0 Å². The molecule has 0 spiro atoms. The van der Waals surface area contributed by atoms with Gasteiger partial charge in [-0.25, -0.2) is 0 Å². The number of benzene rings is 1. The number of nitrogens with two attached hydrogens (primary N) is 3. The van der Waals surface area contributed by atoms with E-state index in [0.29, 0.717) is 23.7 Å². The molecule has 0 saturated carbocycles. The van der Waals surface area contributed by atoms with Crippen molar-refractivity contribution >= 4 is 17.1 Å². The lowest BCUT2D eigenvalue weighted by Crippen LogP contribution is -2.02. The maximum absolute atomic E-state index is 5.59. The van der Waals surface area contributed by atoms with Gasteiger partial charge in [-0.3, -0.25) is 0 Å². The predicted molar refractivity (Wildman–Crippen MR) is 50.4 cm³/mol. The second-order valence-electron chi connectivity index (χ2n) is 2.62. The minimum atomic E-state index is 0.440. The first-order chi connectivity index (χ1) is 5.65. The van der Waals surface area contributed by atoms with E-state index < -0.39 is 0 Å². The predicted octanol–water partition coefficient (Wildman–Crippen LogP) is 0.580. The molecule has 0 aliphatic rings. The van der Waals surface area contributed by atoms with Crippen molar-refractivity contribution in [3.63, 3.8) is 0 Å². The SMILES string of the molecule is COCc1cc(N)c(N)c(N)c1. The van der Waals surface area contributed by atoms with Crippen molar-refractivity contribution < 1.29 is 4.74 Å². The van der Waals surface area contributed by atoms with Crippen LogP contribution in [0.3, 0.4) is 0 Å². The Balaban J connectivity index is 3.04. The van der Waals surface area contributed by atoms with E-state index in [1.165, 1.54) is 0 Å². The fraction of sp³-hybridized carbons (Fsp3) is 0.250. The van der Waals surface area contributed by atoms with Crippen molar-refractivity contribution in [3.8, 4) is 0 Å². The molecule has 0 aromatic heterocycles. The van der Waals surface area contributed by atoms with E-state index >= 15 is 0 Å². The molecule has 0 atom stereocenters. The van der Waals surface area contributed by atoms with Gasteiger partial charge < -0.3 is 21.9 Å². The van der Waals surface area contributed by atoms with E-state index in [-0.39, 0.29) is 0 Å². The van der Waals surface area contributed by atoms with Crippen molar-refractivity contribution in [1.29, 1.82) is 0 Å². The summed E-state index contributed by atoms with van der Waals surface area (Å²) in [5, 5.41) is 0. The summed E-state index contributed by atoms with van der Waals surface area (Å²) in [5.41, 5.74) is 19.1. The quantitative estimate of drug-likeness (QED) is 0.562. The fourth-order valence-electron chi connectivity index (χ4n) is 1.01. The summed E-state index contributed by atoms with van der Waals surface area (Å²) in [5.74, 6) is 0. The van der Waals surface area contributed by atoms with Crippen LogP contribution in [0.1, 0.15) is 5.56 Å². The van der Waals surface area contributed by atoms with Crippen LogP contribution in [-0.2, 0) is 11.3 Å². The molecule has 4 heteroatoms. The van der Waals surface area contributed by atoms with Gasteiger partial charge in [-0.05, 0) is 17.7 Å². The molecular formula is C8H13N3O. The van der Waals surface area contributed by atoms with E-state index in [4.69, 9.17) is 21.9 Å². The molecule has 0 unspecified atom stereocenters. The Morgan fingerprint density at radius 1 is 1.17 bits per heavy atom. The molecule has 6 N–H and O–H groups in total. The summed E-state index contributed by atoms with van der Waals surface area (Å²) in [7, 11) is 1.61. The normalized spacial score (nSPS) is 10.1. The number of nitrogen functional groups attached to an aromatic ring is 3. The summed E-state index contributed by atoms with van der Waals surface area (Å²) in [6.45, 7) is 0.495. The van der Waals surface area contributed by atoms with Crippen LogP contribution in [0, 0.1) is 0 Å². The van der Waals surface area contributed by atoms with Crippen LogP contribution >= 0.6 is 0 Å². The third kappa shape index (κ3) is 1.60. The van der Waals surface area contributed by atoms with E-state index in [0.717, 1.165) is 5.56 Å². The molecule has 1 aromatic carbocycles. The molecule has 66 valence electrons. The van der Waals surface area contributed by atoms with Crippen molar-refractivity contribution in [2.24, 2.45) is 0 Å². The molecule has 0 heterocycles. The van der Waals surface area contributed by atoms with E-state index in [9.17, 15) is 0 Å². The van der Waals surface area contributed by atoms with Gasteiger partial charge in [-0.1, -0.05) is 0 Å². The lowest BCUT2D eigenvalue weighted by molar-refractivity contribution is 0.185. The standard InChI is InChI=1S/C8H13N3O/c1-12-4-5-2-6(9)8(11)7(10)3-5/h2-3H,4,9-11H2,1H3. The monoisotopic (exact) mass is 167 g/mol. The molecule has 0 bridgehead atoms. The first kappa shape index (κ1) is 8.67. The minimum absolute atomic E-state index is 0.440. The minimum Gasteiger partial charge on any atom is -0.397 e. The molecule has 0 radical (unpaired) electrons. The summed E-state index contributed by atoms with van der Waals surface area (Å²) in [6.07, 6.45) is 0. The van der Waals surface area contributed by atoms with Crippen molar-refractivity contribution in [2.45, 2.75) is 6.61 Å². The highest BCUT2D eigenvalue weighted by atomic mass is 16.5. The van der Waals surface area contributed by atoms with Crippen molar-refractivity contribution in [3.05, 3.63) is 17.7 Å². The second kappa shape index (κ2) is 3.32. The maximum atomic E-state index is 5.59. The number of ether oxygens (including phenoxy) is 1. The Labute approximate surface area is 71.3 Å². The zero-order chi connectivity index (χ0) is 9.14. The smallest absolute Gasteiger partial charge is 0.0781 e. The molecule has 0 fully saturated rings. The Hall–Kier alpha value is -1.42. The van der Waals surface area contributed by atoms with Gasteiger partial charge in [0, 0.05) is 7.11 Å². The van der Waals surface area contributed by atoms with E-state index in [1.54, 1.807) is 19.2 Å². The van der Waals surface area contributed by atoms with Gasteiger partial charge in [0.05, 0.1) is 23.7 Å². The lowest BCUT2D eigenvalue weighted by Gasteiger charge is -2.07. The molecule has 1 aromatic rings. The number of rotatable bonds is 2. The van der Waals surface area contributed by atoms with Gasteiger partial charge in [0.2, 0.25) is 0 Å². The number of hydrogen-bond donors (Lipinski definition) is 3. The third-order valence-electron chi connectivity index (χ3n) is 1.61. The highest BCUT2D eigenvalue weighted by molar-refractivity contribution is 5.77. The van der Waals surface area contributed by atoms with E-state index in [2.05, 4.69) is 0 Å². The van der Waals surface area contributed by atoms with Crippen LogP contribution in [0.4, 0.5) is 17.1 Å². The van der Waals surface area contributed by atoms with Crippen LogP contribution in [0.25, 0.3) is 0 Å². The average molecular weight is 167 g/mol. The molecule has 12 heavy (non-hydrogen) atoms. The molecular weight excluding hydrogens is 154 g/mol. The Morgan fingerprint density at radius 3 is 2.08 bits per heavy atom. The second-order valence-corrected chi connectivity index (χ2v) is 2.62. The highest BCUT2D eigenvalue weighted by Crippen LogP contribution is 2.24. The summed E-state index contributed by atoms with van der Waals surface area (Å²) < 4.78 is 4.93. The summed E-state index contributed by atoms with van der Waals surface area (Å²) >= 11 is 0. The Kier molecular flexibility index (Phi) is 2.40. The van der Waals surface area contributed by atoms with Crippen LogP contribution < -0.4 is 17.2 Å². The van der Waals surface area contributed by atoms with Gasteiger partial charge >= 0.3 is 0 Å². The first-order valence-corrected chi connectivity index (χ1v) is 3.57. The number of hydrogen-bond acceptors (Lipinski definition) is 4. The zero-order valence-electron chi connectivity index (χ0n) is 7.00. The molecule has 4 nitrogen and oxygen atoms in total. The molecule has 1 rings (SSSR count). The summed E-state index contributed by atoms with van der Waals surface area (Å²) in [4.78, 5) is 0. The van der Waals surface area contributed by atoms with Crippen LogP contribution in [-0.4, -0.2) is 7.11 Å². The van der Waals surface area contributed by atoms with Gasteiger partial charge in [0.25, 0.3) is 0 Å². The van der Waals surface area contributed by atoms with Gasteiger partial charge in [0.15, 0.2) is 0 Å². The molecule has 0 aliphatic carbocycles. The summed E-state index contributed by atoms with van der Waals surface area (Å²) in [6, 6.07) is 3.52. The lowest BCUT2D eigenvalue weighted by atomic mass is 10.1. The average Bonchev–Trinajstić information content (AvgIpc) is 2.01. The topological polar surface area (TPSA) is 87.3 Å². The first-order valence-electron chi connectivity index (χ1n) is 3.57. The van der Waals surface area contributed by atoms with Crippen LogP contribution in [0.15, 0.2) is 12.1 Å². The van der Waals surface area contributed by atoms with Crippen molar-refractivity contribution in [2.75, 3.05) is 24.3 Å². The van der Waals surface area contributed by atoms with Gasteiger partial charge in [0.1, 0.15) is 0 Å². The van der Waals surface area contributed by atoms with E-state index in [1.807, 2.05) is 0 Å². The number of methoxy groups -OCH3 is 1. The molecule has 0 aliphatic heterocycles. The molecule has 0 amide bonds. The van der Waals surface area contributed by atoms with Gasteiger partial charge in [-0.15, -0.1) is 0 Å². The third-order valence-corrected chi connectivity index (χ3v) is 1.61. The fourth-order valence-corrected chi connectivity index (χ4v) is 1.01. The van der Waals surface area contributed by atoms with Crippen molar-refractivity contribution in [1.82, 2.24) is 0 Å². The largest absolute Gasteiger partial charge is 0.397 e. The van der Waals surface area contributed by atoms with Crippen LogP contribution in [0.5, 0.6) is 0 Å².